The van der Waals surface area contributed by atoms with Gasteiger partial charge in [-0.2, -0.15) is 0 Å². The van der Waals surface area contributed by atoms with Crippen LogP contribution < -0.4 is 20.3 Å². The second-order valence-electron chi connectivity index (χ2n) is 15.4. The highest BCUT2D eigenvalue weighted by Gasteiger charge is 2.26. The van der Waals surface area contributed by atoms with Gasteiger partial charge in [0.2, 0.25) is 5.91 Å². The predicted octanol–water partition coefficient (Wildman–Crippen LogP) is 7.78. The smallest absolute Gasteiger partial charge is 0.293 e. The Balaban J connectivity index is 1.04. The lowest BCUT2D eigenvalue weighted by atomic mass is 9.99. The molecule has 0 radical (unpaired) electrons. The number of benzene rings is 5. The van der Waals surface area contributed by atoms with E-state index >= 15 is 0 Å². The van der Waals surface area contributed by atoms with Gasteiger partial charge in [-0.3, -0.25) is 24.6 Å². The highest BCUT2D eigenvalue weighted by atomic mass is 35.5. The maximum atomic E-state index is 13.5. The molecule has 5 aromatic rings. The van der Waals surface area contributed by atoms with Crippen molar-refractivity contribution in [2.45, 2.75) is 41.6 Å². The minimum Gasteiger partial charge on any atom is -0.376 e. The molecule has 3 N–H and O–H groups in total. The molecule has 2 amide bonds. The number of hydrogen-bond acceptors (Lipinski definition) is 11. The number of piperazine rings is 1. The molecule has 0 bridgehead atoms. The maximum Gasteiger partial charge on any atom is 0.293 e. The fourth-order valence-electron chi connectivity index (χ4n) is 7.21. The van der Waals surface area contributed by atoms with Crippen LogP contribution in [0.4, 0.5) is 17.1 Å². The van der Waals surface area contributed by atoms with E-state index in [9.17, 15) is 28.1 Å². The zero-order valence-electron chi connectivity index (χ0n) is 34.8. The molecule has 0 aliphatic carbocycles. The summed E-state index contributed by atoms with van der Waals surface area (Å²) >= 11 is 7.72. The summed E-state index contributed by atoms with van der Waals surface area (Å²) in [6, 6.07) is 36.2. The van der Waals surface area contributed by atoms with E-state index in [1.54, 1.807) is 40.9 Å². The quantitative estimate of drug-likeness (QED) is 0.0304. The maximum absolute atomic E-state index is 13.5. The first-order valence-corrected chi connectivity index (χ1v) is 23.3. The van der Waals surface area contributed by atoms with Gasteiger partial charge in [0, 0.05) is 78.3 Å². The fraction of sp³-hybridized carbons (Fsp3) is 0.304. The van der Waals surface area contributed by atoms with Crippen molar-refractivity contribution < 1.29 is 22.9 Å². The summed E-state index contributed by atoms with van der Waals surface area (Å²) in [4.78, 5) is 44.0. The number of rotatable bonds is 20. The number of sulfonamides is 1. The number of amides is 2. The second-order valence-corrected chi connectivity index (χ2v) is 18.6. The molecular formula is C46H52ClN7O6S2. The average molecular weight is 899 g/mol. The predicted molar refractivity (Wildman–Crippen MR) is 249 cm³/mol. The number of unbranched alkanes of at least 4 members (excludes halogenated alkanes) is 1. The standard InChI is InChI=1S/C46H52ClN7O6S2/c1-51(2)32-45(55)48-25-9-8-11-38(33-61-40-12-4-3-5-13-40)49-43-24-23-41(30-44(43)54(57)58)62(59,60)50-46(56)35-17-21-39(22-18-35)53-28-26-52(27-29-53)31-36-10-6-7-14-42(36)34-15-19-37(47)20-16-34/h3-7,10,12-24,30,38,49H,8-9,11,25-29,31-33H2,1-2H3,(H,48,55)(H,50,56)/t38-/m1/s1. The molecule has 5 aromatic carbocycles. The van der Waals surface area contributed by atoms with Gasteiger partial charge >= 0.3 is 0 Å². The zero-order chi connectivity index (χ0) is 44.1. The van der Waals surface area contributed by atoms with E-state index in [-0.39, 0.29) is 23.2 Å². The summed E-state index contributed by atoms with van der Waals surface area (Å²) in [6.45, 7) is 4.83. The number of nitrogens with zero attached hydrogens (tertiary/aromatic N) is 4. The number of anilines is 2. The molecule has 1 aliphatic heterocycles. The molecular weight excluding hydrogens is 846 g/mol. The van der Waals surface area contributed by atoms with Crippen LogP contribution in [0.2, 0.25) is 5.02 Å². The van der Waals surface area contributed by atoms with E-state index in [1.807, 2.05) is 74.8 Å². The molecule has 1 heterocycles. The molecule has 1 saturated heterocycles. The van der Waals surface area contributed by atoms with E-state index < -0.39 is 31.4 Å². The van der Waals surface area contributed by atoms with Crippen molar-refractivity contribution in [2.24, 2.45) is 0 Å². The van der Waals surface area contributed by atoms with Gasteiger partial charge < -0.3 is 20.4 Å². The van der Waals surface area contributed by atoms with E-state index in [0.717, 1.165) is 67.8 Å². The summed E-state index contributed by atoms with van der Waals surface area (Å²) in [5, 5.41) is 19.2. The summed E-state index contributed by atoms with van der Waals surface area (Å²) in [5.74, 6) is -0.323. The number of nitro groups is 1. The topological polar surface area (TPSA) is 157 Å². The Labute approximate surface area is 373 Å². The normalized spacial score (nSPS) is 13.7. The number of likely N-dealkylation sites (N-methyl/N-ethyl adjacent to an activating group) is 1. The molecule has 1 fully saturated rings. The SMILES string of the molecule is CN(C)CC(=O)NCCCC[C@H](CSc1ccccc1)Nc1ccc(S(=O)(=O)NC(=O)c2ccc(N3CCN(Cc4ccccc4-c4ccc(Cl)cc4)CC3)cc2)cc1[N+](=O)[O-]. The van der Waals surface area contributed by atoms with Gasteiger partial charge in [0.15, 0.2) is 0 Å². The lowest BCUT2D eigenvalue weighted by Gasteiger charge is -2.36. The van der Waals surface area contributed by atoms with Gasteiger partial charge in [0.25, 0.3) is 21.6 Å². The lowest BCUT2D eigenvalue weighted by molar-refractivity contribution is -0.384. The monoisotopic (exact) mass is 897 g/mol. The van der Waals surface area contributed by atoms with Crippen molar-refractivity contribution >= 4 is 62.3 Å². The summed E-state index contributed by atoms with van der Waals surface area (Å²) in [7, 11) is -0.819. The first kappa shape index (κ1) is 46.1. The Hall–Kier alpha value is -5.45. The average Bonchev–Trinajstić information content (AvgIpc) is 3.26. The van der Waals surface area contributed by atoms with E-state index in [2.05, 4.69) is 43.4 Å². The molecule has 326 valence electrons. The minimum absolute atomic E-state index is 0.0604. The Kier molecular flexibility index (Phi) is 16.4. The van der Waals surface area contributed by atoms with Crippen LogP contribution in [-0.2, 0) is 21.4 Å². The summed E-state index contributed by atoms with van der Waals surface area (Å²) in [6.07, 6.45) is 2.10. The van der Waals surface area contributed by atoms with Gasteiger partial charge in [-0.25, -0.2) is 13.1 Å². The lowest BCUT2D eigenvalue weighted by Crippen LogP contribution is -2.46. The number of nitro benzene ring substituents is 1. The third kappa shape index (κ3) is 13.3. The number of hydrogen-bond donors (Lipinski definition) is 3. The van der Waals surface area contributed by atoms with Crippen molar-refractivity contribution in [3.05, 3.63) is 148 Å². The van der Waals surface area contributed by atoms with Crippen LogP contribution >= 0.6 is 23.4 Å². The van der Waals surface area contributed by atoms with Gasteiger partial charge in [0.1, 0.15) is 5.69 Å². The Morgan fingerprint density at radius 1 is 0.871 bits per heavy atom. The van der Waals surface area contributed by atoms with Crippen LogP contribution in [0.25, 0.3) is 11.1 Å². The van der Waals surface area contributed by atoms with Crippen LogP contribution in [0.1, 0.15) is 35.2 Å². The largest absolute Gasteiger partial charge is 0.376 e. The molecule has 0 aromatic heterocycles. The number of nitrogens with one attached hydrogen (secondary N) is 3. The van der Waals surface area contributed by atoms with Crippen molar-refractivity contribution in [1.29, 1.82) is 0 Å². The molecule has 13 nitrogen and oxygen atoms in total. The van der Waals surface area contributed by atoms with Gasteiger partial charge in [0.05, 0.1) is 16.4 Å². The van der Waals surface area contributed by atoms with Crippen LogP contribution in [0, 0.1) is 10.1 Å². The number of carbonyl (C=O) groups is 2. The highest BCUT2D eigenvalue weighted by Crippen LogP contribution is 2.31. The van der Waals surface area contributed by atoms with Crippen LogP contribution in [-0.4, -0.2) is 100 Å². The Bertz CT molecular complexity index is 2400. The van der Waals surface area contributed by atoms with E-state index in [4.69, 9.17) is 11.6 Å². The molecule has 6 rings (SSSR count). The summed E-state index contributed by atoms with van der Waals surface area (Å²) < 4.78 is 29.0. The number of carbonyl (C=O) groups excluding carboxylic acids is 2. The molecule has 0 spiro atoms. The van der Waals surface area contributed by atoms with Crippen LogP contribution in [0.3, 0.4) is 0 Å². The zero-order valence-corrected chi connectivity index (χ0v) is 37.2. The Morgan fingerprint density at radius 3 is 2.26 bits per heavy atom. The highest BCUT2D eigenvalue weighted by molar-refractivity contribution is 7.99. The first-order valence-electron chi connectivity index (χ1n) is 20.5. The molecule has 16 heteroatoms. The molecule has 0 unspecified atom stereocenters. The van der Waals surface area contributed by atoms with Crippen molar-refractivity contribution in [3.8, 4) is 11.1 Å². The fourth-order valence-corrected chi connectivity index (χ4v) is 9.32. The van der Waals surface area contributed by atoms with E-state index in [1.165, 1.54) is 23.3 Å². The van der Waals surface area contributed by atoms with Gasteiger partial charge in [-0.15, -0.1) is 11.8 Å². The van der Waals surface area contributed by atoms with Gasteiger partial charge in [-0.1, -0.05) is 66.2 Å². The molecule has 1 atom stereocenters. The first-order chi connectivity index (χ1) is 29.8. The molecule has 0 saturated carbocycles. The molecule has 1 aliphatic rings. The third-order valence-electron chi connectivity index (χ3n) is 10.5. The minimum atomic E-state index is -4.47. The number of thioether (sulfide) groups is 1. The third-order valence-corrected chi connectivity index (χ3v) is 13.2. The Morgan fingerprint density at radius 2 is 1.56 bits per heavy atom. The second kappa shape index (κ2) is 22.1. The number of halogens is 1. The van der Waals surface area contributed by atoms with E-state index in [0.29, 0.717) is 30.3 Å². The molecule has 62 heavy (non-hydrogen) atoms. The van der Waals surface area contributed by atoms with Crippen molar-refractivity contribution in [1.82, 2.24) is 19.8 Å². The van der Waals surface area contributed by atoms with Gasteiger partial charge in [-0.05, 0) is 111 Å². The van der Waals surface area contributed by atoms with Crippen molar-refractivity contribution in [2.75, 3.05) is 69.3 Å². The van der Waals surface area contributed by atoms with Crippen LogP contribution in [0.5, 0.6) is 0 Å². The van der Waals surface area contributed by atoms with Crippen molar-refractivity contribution in [3.63, 3.8) is 0 Å². The summed E-state index contributed by atoms with van der Waals surface area (Å²) in [5.41, 5.74) is 4.32. The van der Waals surface area contributed by atoms with Crippen LogP contribution in [0.15, 0.2) is 131 Å².